The number of anilines is 1. The van der Waals surface area contributed by atoms with Crippen LogP contribution in [0.5, 0.6) is 0 Å². The van der Waals surface area contributed by atoms with Crippen molar-refractivity contribution in [2.24, 2.45) is 0 Å². The highest BCUT2D eigenvalue weighted by Crippen LogP contribution is 2.19. The molecular weight excluding hydrogens is 264 g/mol. The summed E-state index contributed by atoms with van der Waals surface area (Å²) in [6, 6.07) is 8.72. The Morgan fingerprint density at radius 2 is 2.05 bits per heavy atom. The third-order valence-electron chi connectivity index (χ3n) is 2.97. The van der Waals surface area contributed by atoms with Crippen LogP contribution in [0.1, 0.15) is 24.3 Å². The quantitative estimate of drug-likeness (QED) is 0.850. The van der Waals surface area contributed by atoms with E-state index in [4.69, 9.17) is 16.0 Å². The van der Waals surface area contributed by atoms with Crippen molar-refractivity contribution in [1.29, 1.82) is 0 Å². The summed E-state index contributed by atoms with van der Waals surface area (Å²) in [6.45, 7) is 1.20. The van der Waals surface area contributed by atoms with Gasteiger partial charge in [0.15, 0.2) is 0 Å². The number of nitrogens with one attached hydrogen (secondary N) is 2. The summed E-state index contributed by atoms with van der Waals surface area (Å²) in [6.07, 6.45) is 2.48. The largest absolute Gasteiger partial charge is 0.407 e. The molecule has 0 spiro atoms. The van der Waals surface area contributed by atoms with E-state index in [2.05, 4.69) is 20.8 Å². The molecule has 0 bridgehead atoms. The summed E-state index contributed by atoms with van der Waals surface area (Å²) in [4.78, 5) is 0. The van der Waals surface area contributed by atoms with Crippen LogP contribution in [-0.4, -0.2) is 16.2 Å². The first-order valence-corrected chi connectivity index (χ1v) is 6.72. The fraction of sp³-hybridized carbons (Fsp3) is 0.385. The normalized spacial score (nSPS) is 14.6. The molecule has 1 heterocycles. The molecule has 1 fully saturated rings. The van der Waals surface area contributed by atoms with Gasteiger partial charge in [0.1, 0.15) is 0 Å². The molecule has 0 unspecified atom stereocenters. The van der Waals surface area contributed by atoms with E-state index in [1.54, 1.807) is 0 Å². The molecule has 0 amide bonds. The molecule has 100 valence electrons. The molecule has 0 atom stereocenters. The molecule has 19 heavy (non-hydrogen) atoms. The van der Waals surface area contributed by atoms with E-state index in [9.17, 15) is 0 Å². The molecule has 1 aromatic carbocycles. The lowest BCUT2D eigenvalue weighted by Crippen LogP contribution is -2.15. The molecule has 0 radical (unpaired) electrons. The van der Waals surface area contributed by atoms with Gasteiger partial charge in [-0.25, -0.2) is 0 Å². The molecule has 0 saturated heterocycles. The first-order valence-electron chi connectivity index (χ1n) is 6.34. The predicted molar refractivity (Wildman–Crippen MR) is 72.9 cm³/mol. The highest BCUT2D eigenvalue weighted by Gasteiger charge is 2.21. The van der Waals surface area contributed by atoms with Gasteiger partial charge in [-0.05, 0) is 24.5 Å². The van der Waals surface area contributed by atoms with Crippen molar-refractivity contribution >= 4 is 17.6 Å². The molecule has 1 aromatic heterocycles. The molecule has 0 aliphatic heterocycles. The Labute approximate surface area is 116 Å². The maximum atomic E-state index is 6.07. The third-order valence-corrected chi connectivity index (χ3v) is 3.34. The molecule has 2 N–H and O–H groups in total. The second-order valence-corrected chi connectivity index (χ2v) is 5.01. The van der Waals surface area contributed by atoms with Crippen LogP contribution in [0.3, 0.4) is 0 Å². The van der Waals surface area contributed by atoms with E-state index < -0.39 is 0 Å². The second-order valence-electron chi connectivity index (χ2n) is 4.60. The fourth-order valence-electron chi connectivity index (χ4n) is 1.73. The van der Waals surface area contributed by atoms with Crippen LogP contribution in [0, 0.1) is 0 Å². The van der Waals surface area contributed by atoms with Crippen molar-refractivity contribution in [3.8, 4) is 0 Å². The number of nitrogens with zero attached hydrogens (tertiary/aromatic N) is 2. The minimum absolute atomic E-state index is 0.424. The van der Waals surface area contributed by atoms with Crippen molar-refractivity contribution in [3.05, 3.63) is 40.7 Å². The lowest BCUT2D eigenvalue weighted by atomic mass is 10.2. The number of hydrogen-bond acceptors (Lipinski definition) is 5. The average molecular weight is 279 g/mol. The van der Waals surface area contributed by atoms with E-state index in [0.29, 0.717) is 31.0 Å². The van der Waals surface area contributed by atoms with Gasteiger partial charge in [0.05, 0.1) is 6.54 Å². The van der Waals surface area contributed by atoms with Gasteiger partial charge in [-0.3, -0.25) is 0 Å². The fourth-order valence-corrected chi connectivity index (χ4v) is 1.93. The zero-order valence-electron chi connectivity index (χ0n) is 10.4. The van der Waals surface area contributed by atoms with Crippen LogP contribution in [0.15, 0.2) is 28.7 Å². The number of benzene rings is 1. The molecule has 2 aromatic rings. The number of aromatic nitrogens is 2. The van der Waals surface area contributed by atoms with E-state index in [1.807, 2.05) is 24.3 Å². The zero-order valence-corrected chi connectivity index (χ0v) is 11.2. The van der Waals surface area contributed by atoms with Gasteiger partial charge in [-0.1, -0.05) is 34.9 Å². The molecule has 1 aliphatic carbocycles. The first-order chi connectivity index (χ1) is 9.31. The Hall–Kier alpha value is -1.59. The smallest absolute Gasteiger partial charge is 0.315 e. The summed E-state index contributed by atoms with van der Waals surface area (Å²) >= 11 is 6.07. The highest BCUT2D eigenvalue weighted by molar-refractivity contribution is 6.31. The predicted octanol–water partition coefficient (Wildman–Crippen LogP) is 2.59. The summed E-state index contributed by atoms with van der Waals surface area (Å²) in [7, 11) is 0. The van der Waals surface area contributed by atoms with Crippen LogP contribution in [0.2, 0.25) is 5.02 Å². The Morgan fingerprint density at radius 1 is 1.21 bits per heavy atom. The van der Waals surface area contributed by atoms with Crippen molar-refractivity contribution < 1.29 is 4.42 Å². The molecular formula is C13H15ClN4O. The summed E-state index contributed by atoms with van der Waals surface area (Å²) in [5, 5.41) is 15.0. The van der Waals surface area contributed by atoms with E-state index >= 15 is 0 Å². The van der Waals surface area contributed by atoms with Gasteiger partial charge >= 0.3 is 6.01 Å². The van der Waals surface area contributed by atoms with Crippen molar-refractivity contribution in [2.45, 2.75) is 32.0 Å². The van der Waals surface area contributed by atoms with Crippen molar-refractivity contribution in [2.75, 3.05) is 5.32 Å². The van der Waals surface area contributed by atoms with E-state index in [1.165, 1.54) is 12.8 Å². The number of hydrogen-bond donors (Lipinski definition) is 2. The second kappa shape index (κ2) is 5.59. The zero-order chi connectivity index (χ0) is 13.1. The van der Waals surface area contributed by atoms with E-state index in [0.717, 1.165) is 10.6 Å². The first kappa shape index (κ1) is 12.4. The van der Waals surface area contributed by atoms with E-state index in [-0.39, 0.29) is 0 Å². The summed E-state index contributed by atoms with van der Waals surface area (Å²) < 4.78 is 5.48. The van der Waals surface area contributed by atoms with Gasteiger partial charge in [-0.15, -0.1) is 5.10 Å². The molecule has 1 saturated carbocycles. The third kappa shape index (κ3) is 3.45. The van der Waals surface area contributed by atoms with Gasteiger partial charge in [-0.2, -0.15) is 0 Å². The molecule has 1 aliphatic rings. The molecule has 5 nitrogen and oxygen atoms in total. The monoisotopic (exact) mass is 278 g/mol. The summed E-state index contributed by atoms with van der Waals surface area (Å²) in [5.74, 6) is 0.605. The lowest BCUT2D eigenvalue weighted by molar-refractivity contribution is 0.475. The Morgan fingerprint density at radius 3 is 2.84 bits per heavy atom. The van der Waals surface area contributed by atoms with Crippen LogP contribution in [-0.2, 0) is 13.1 Å². The Balaban J connectivity index is 1.53. The minimum Gasteiger partial charge on any atom is -0.407 e. The highest BCUT2D eigenvalue weighted by atomic mass is 35.5. The SMILES string of the molecule is Clc1ccccc1CNc1nnc(CNC2CC2)o1. The topological polar surface area (TPSA) is 63.0 Å². The van der Waals surface area contributed by atoms with Crippen LogP contribution < -0.4 is 10.6 Å². The maximum absolute atomic E-state index is 6.07. The van der Waals surface area contributed by atoms with Gasteiger partial charge in [0, 0.05) is 17.6 Å². The number of halogens is 1. The molecule has 6 heteroatoms. The average Bonchev–Trinajstić information content (AvgIpc) is 3.14. The Kier molecular flexibility index (Phi) is 3.66. The van der Waals surface area contributed by atoms with Gasteiger partial charge < -0.3 is 15.1 Å². The van der Waals surface area contributed by atoms with Crippen molar-refractivity contribution in [3.63, 3.8) is 0 Å². The number of rotatable bonds is 6. The standard InChI is InChI=1S/C13H15ClN4O/c14-11-4-2-1-3-9(11)7-16-13-18-17-12(19-13)8-15-10-5-6-10/h1-4,10,15H,5-8H2,(H,16,18). The summed E-state index contributed by atoms with van der Waals surface area (Å²) in [5.41, 5.74) is 1.00. The lowest BCUT2D eigenvalue weighted by Gasteiger charge is -2.03. The van der Waals surface area contributed by atoms with Crippen molar-refractivity contribution in [1.82, 2.24) is 15.5 Å². The van der Waals surface area contributed by atoms with Crippen LogP contribution >= 0.6 is 11.6 Å². The van der Waals surface area contributed by atoms with Crippen LogP contribution in [0.4, 0.5) is 6.01 Å². The van der Waals surface area contributed by atoms with Gasteiger partial charge in [0.2, 0.25) is 5.89 Å². The Bertz CT molecular complexity index is 553. The van der Waals surface area contributed by atoms with Crippen LogP contribution in [0.25, 0.3) is 0 Å². The molecule has 3 rings (SSSR count). The maximum Gasteiger partial charge on any atom is 0.315 e. The minimum atomic E-state index is 0.424. The van der Waals surface area contributed by atoms with Gasteiger partial charge in [0.25, 0.3) is 0 Å².